The molecule has 3 rings (SSSR count). The number of rotatable bonds is 6. The second-order valence-electron chi connectivity index (χ2n) is 5.23. The molecular weight excluding hydrogens is 326 g/mol. The lowest BCUT2D eigenvalue weighted by atomic mass is 10.1. The molecule has 3 aromatic rings. The maximum atomic E-state index is 12.1. The van der Waals surface area contributed by atoms with Crippen LogP contribution >= 0.6 is 11.7 Å². The molecule has 0 aliphatic rings. The van der Waals surface area contributed by atoms with Crippen molar-refractivity contribution in [2.75, 3.05) is 14.2 Å². The minimum atomic E-state index is -0.0567. The van der Waals surface area contributed by atoms with E-state index < -0.39 is 0 Å². The van der Waals surface area contributed by atoms with Crippen molar-refractivity contribution in [3.63, 3.8) is 0 Å². The summed E-state index contributed by atoms with van der Waals surface area (Å²) in [6, 6.07) is 11.3. The van der Waals surface area contributed by atoms with Crippen molar-refractivity contribution in [2.24, 2.45) is 0 Å². The van der Waals surface area contributed by atoms with E-state index in [2.05, 4.69) is 14.1 Å². The number of fused-ring (bicyclic) bond motifs is 1. The van der Waals surface area contributed by atoms with Gasteiger partial charge in [0.2, 0.25) is 5.91 Å². The van der Waals surface area contributed by atoms with Crippen molar-refractivity contribution >= 4 is 28.7 Å². The fraction of sp³-hybridized carbons (Fsp3) is 0.235. The third-order valence-electron chi connectivity index (χ3n) is 3.62. The average Bonchev–Trinajstić information content (AvgIpc) is 3.07. The quantitative estimate of drug-likeness (QED) is 0.745. The van der Waals surface area contributed by atoms with Gasteiger partial charge in [0.25, 0.3) is 0 Å². The van der Waals surface area contributed by atoms with E-state index in [9.17, 15) is 4.79 Å². The first-order valence-electron chi connectivity index (χ1n) is 7.38. The highest BCUT2D eigenvalue weighted by Gasteiger charge is 2.09. The summed E-state index contributed by atoms with van der Waals surface area (Å²) in [5, 5.41) is 2.91. The van der Waals surface area contributed by atoms with Crippen LogP contribution in [0.4, 0.5) is 0 Å². The van der Waals surface area contributed by atoms with Gasteiger partial charge in [-0.3, -0.25) is 4.79 Å². The summed E-state index contributed by atoms with van der Waals surface area (Å²) in [4.78, 5) is 12.1. The first-order valence-corrected chi connectivity index (χ1v) is 8.11. The molecule has 0 aliphatic heterocycles. The second-order valence-corrected chi connectivity index (χ2v) is 5.76. The summed E-state index contributed by atoms with van der Waals surface area (Å²) < 4.78 is 18.8. The molecule has 0 atom stereocenters. The van der Waals surface area contributed by atoms with Gasteiger partial charge in [0.05, 0.1) is 32.4 Å². The van der Waals surface area contributed by atoms with Crippen LogP contribution in [-0.2, 0) is 17.8 Å². The monoisotopic (exact) mass is 343 g/mol. The molecule has 0 saturated heterocycles. The van der Waals surface area contributed by atoms with Crippen LogP contribution in [0, 0.1) is 0 Å². The number of carbonyl (C=O) groups is 1. The number of methoxy groups -OCH3 is 2. The normalized spacial score (nSPS) is 10.6. The predicted octanol–water partition coefficient (Wildman–Crippen LogP) is 2.57. The summed E-state index contributed by atoms with van der Waals surface area (Å²) in [7, 11) is 3.16. The first kappa shape index (κ1) is 16.2. The molecule has 0 radical (unpaired) electrons. The van der Waals surface area contributed by atoms with Crippen LogP contribution in [0.1, 0.15) is 11.1 Å². The second kappa shape index (κ2) is 7.27. The fourth-order valence-electron chi connectivity index (χ4n) is 2.38. The number of hydrogen-bond acceptors (Lipinski definition) is 6. The number of benzene rings is 2. The van der Waals surface area contributed by atoms with Gasteiger partial charge in [-0.15, -0.1) is 0 Å². The van der Waals surface area contributed by atoms with Crippen molar-refractivity contribution in [3.8, 4) is 11.5 Å². The summed E-state index contributed by atoms with van der Waals surface area (Å²) in [6.07, 6.45) is 0.279. The molecule has 24 heavy (non-hydrogen) atoms. The van der Waals surface area contributed by atoms with Gasteiger partial charge >= 0.3 is 0 Å². The number of nitrogens with zero attached hydrogens (tertiary/aromatic N) is 2. The molecule has 2 aromatic carbocycles. The number of aromatic nitrogens is 2. The Morgan fingerprint density at radius 3 is 2.54 bits per heavy atom. The lowest BCUT2D eigenvalue weighted by molar-refractivity contribution is -0.120. The molecule has 1 heterocycles. The average molecular weight is 343 g/mol. The zero-order valence-corrected chi connectivity index (χ0v) is 14.2. The Morgan fingerprint density at radius 1 is 1.00 bits per heavy atom. The zero-order chi connectivity index (χ0) is 16.9. The summed E-state index contributed by atoms with van der Waals surface area (Å²) in [6.45, 7) is 0.458. The molecule has 0 unspecified atom stereocenters. The molecule has 6 nitrogen and oxygen atoms in total. The van der Waals surface area contributed by atoms with E-state index >= 15 is 0 Å². The molecule has 0 fully saturated rings. The topological polar surface area (TPSA) is 73.3 Å². The van der Waals surface area contributed by atoms with Crippen LogP contribution in [0.25, 0.3) is 11.0 Å². The van der Waals surface area contributed by atoms with Crippen LogP contribution in [0.5, 0.6) is 11.5 Å². The van der Waals surface area contributed by atoms with E-state index in [1.165, 1.54) is 11.7 Å². The Labute approximate surface area is 143 Å². The molecule has 0 saturated carbocycles. The Balaban J connectivity index is 1.61. The van der Waals surface area contributed by atoms with Gasteiger partial charge in [-0.05, 0) is 35.4 Å². The van der Waals surface area contributed by atoms with Crippen molar-refractivity contribution in [2.45, 2.75) is 13.0 Å². The van der Waals surface area contributed by atoms with E-state index in [0.717, 1.165) is 22.2 Å². The van der Waals surface area contributed by atoms with Crippen molar-refractivity contribution < 1.29 is 14.3 Å². The first-order chi connectivity index (χ1) is 11.7. The fourth-order valence-corrected chi connectivity index (χ4v) is 2.89. The molecule has 1 amide bonds. The number of ether oxygens (including phenoxy) is 2. The van der Waals surface area contributed by atoms with E-state index in [4.69, 9.17) is 9.47 Å². The lowest BCUT2D eigenvalue weighted by Gasteiger charge is -2.10. The summed E-state index contributed by atoms with van der Waals surface area (Å²) in [5.41, 5.74) is 3.59. The third-order valence-corrected chi connectivity index (χ3v) is 4.18. The number of hydrogen-bond donors (Lipinski definition) is 1. The van der Waals surface area contributed by atoms with E-state index in [1.54, 1.807) is 20.3 Å². The summed E-state index contributed by atoms with van der Waals surface area (Å²) in [5.74, 6) is 1.20. The van der Waals surface area contributed by atoms with Crippen LogP contribution in [0.2, 0.25) is 0 Å². The number of carbonyl (C=O) groups excluding carboxylic acids is 1. The number of amides is 1. The van der Waals surface area contributed by atoms with Crippen molar-refractivity contribution in [1.82, 2.24) is 14.1 Å². The van der Waals surface area contributed by atoms with Gasteiger partial charge in [0, 0.05) is 6.54 Å². The Kier molecular flexibility index (Phi) is 4.90. The smallest absolute Gasteiger partial charge is 0.224 e. The van der Waals surface area contributed by atoms with E-state index in [-0.39, 0.29) is 12.3 Å². The van der Waals surface area contributed by atoms with E-state index in [0.29, 0.717) is 18.0 Å². The molecule has 0 spiro atoms. The van der Waals surface area contributed by atoms with Crippen LogP contribution < -0.4 is 14.8 Å². The molecular formula is C17H17N3O3S. The van der Waals surface area contributed by atoms with Crippen LogP contribution in [0.15, 0.2) is 36.4 Å². The van der Waals surface area contributed by atoms with Gasteiger partial charge in [0.1, 0.15) is 11.0 Å². The van der Waals surface area contributed by atoms with Gasteiger partial charge in [-0.25, -0.2) is 0 Å². The minimum Gasteiger partial charge on any atom is -0.493 e. The molecule has 0 bridgehead atoms. The molecule has 7 heteroatoms. The Bertz CT molecular complexity index is 863. The predicted molar refractivity (Wildman–Crippen MR) is 92.5 cm³/mol. The van der Waals surface area contributed by atoms with E-state index in [1.807, 2.05) is 30.3 Å². The Morgan fingerprint density at radius 2 is 1.75 bits per heavy atom. The molecule has 1 N–H and O–H groups in total. The van der Waals surface area contributed by atoms with Gasteiger partial charge < -0.3 is 14.8 Å². The van der Waals surface area contributed by atoms with Gasteiger partial charge in [0.15, 0.2) is 11.5 Å². The van der Waals surface area contributed by atoms with Gasteiger partial charge in [-0.1, -0.05) is 12.1 Å². The highest BCUT2D eigenvalue weighted by Crippen LogP contribution is 2.27. The van der Waals surface area contributed by atoms with Crippen molar-refractivity contribution in [3.05, 3.63) is 47.5 Å². The zero-order valence-electron chi connectivity index (χ0n) is 13.4. The highest BCUT2D eigenvalue weighted by molar-refractivity contribution is 7.00. The Hall–Kier alpha value is -2.67. The number of nitrogens with one attached hydrogen (secondary N) is 1. The largest absolute Gasteiger partial charge is 0.493 e. The lowest BCUT2D eigenvalue weighted by Crippen LogP contribution is -2.24. The SMILES string of the molecule is COc1ccc(CC(=O)NCc2ccc3nsnc3c2)cc1OC. The maximum Gasteiger partial charge on any atom is 0.224 e. The van der Waals surface area contributed by atoms with Crippen LogP contribution in [0.3, 0.4) is 0 Å². The van der Waals surface area contributed by atoms with Crippen LogP contribution in [-0.4, -0.2) is 28.9 Å². The molecule has 124 valence electrons. The summed E-state index contributed by atoms with van der Waals surface area (Å²) >= 11 is 1.18. The van der Waals surface area contributed by atoms with Gasteiger partial charge in [-0.2, -0.15) is 8.75 Å². The molecule has 0 aliphatic carbocycles. The van der Waals surface area contributed by atoms with Crippen molar-refractivity contribution in [1.29, 1.82) is 0 Å². The highest BCUT2D eigenvalue weighted by atomic mass is 32.1. The standard InChI is InChI=1S/C17H17N3O3S/c1-22-15-6-4-11(8-16(15)23-2)9-17(21)18-10-12-3-5-13-14(7-12)20-24-19-13/h3-8H,9-10H2,1-2H3,(H,18,21). The maximum absolute atomic E-state index is 12.1. The minimum absolute atomic E-state index is 0.0567. The third kappa shape index (κ3) is 3.62. The molecule has 1 aromatic heterocycles.